The zero-order valence-corrected chi connectivity index (χ0v) is 16.7. The molecule has 0 N–H and O–H groups in total. The summed E-state index contributed by atoms with van der Waals surface area (Å²) in [7, 11) is 6.29. The summed E-state index contributed by atoms with van der Waals surface area (Å²) in [6.07, 6.45) is 3.00. The first-order chi connectivity index (χ1) is 14.0. The minimum atomic E-state index is -0.348. The highest BCUT2D eigenvalue weighted by atomic mass is 19.1. The number of rotatable bonds is 7. The summed E-state index contributed by atoms with van der Waals surface area (Å²) in [4.78, 5) is 18.7. The predicted octanol–water partition coefficient (Wildman–Crippen LogP) is 3.31. The quantitative estimate of drug-likeness (QED) is 0.610. The van der Waals surface area contributed by atoms with Gasteiger partial charge < -0.3 is 19.1 Å². The van der Waals surface area contributed by atoms with Crippen LogP contribution in [-0.2, 0) is 6.54 Å². The smallest absolute Gasteiger partial charge is 0.272 e. The molecule has 0 saturated carbocycles. The van der Waals surface area contributed by atoms with Gasteiger partial charge in [-0.1, -0.05) is 0 Å². The van der Waals surface area contributed by atoms with Crippen LogP contribution in [-0.4, -0.2) is 48.7 Å². The molecule has 1 amide bonds. The van der Waals surface area contributed by atoms with Gasteiger partial charge in [-0.25, -0.2) is 9.37 Å². The number of amides is 1. The molecule has 0 unspecified atom stereocenters. The van der Waals surface area contributed by atoms with Gasteiger partial charge in [0, 0.05) is 24.8 Å². The summed E-state index contributed by atoms with van der Waals surface area (Å²) < 4.78 is 31.0. The van der Waals surface area contributed by atoms with E-state index < -0.39 is 0 Å². The molecule has 3 rings (SSSR count). The third-order valence-corrected chi connectivity index (χ3v) is 4.50. The van der Waals surface area contributed by atoms with Gasteiger partial charge in [0.25, 0.3) is 5.91 Å². The summed E-state index contributed by atoms with van der Waals surface area (Å²) in [5.41, 5.74) is 1.76. The lowest BCUT2D eigenvalue weighted by atomic mass is 10.1. The van der Waals surface area contributed by atoms with E-state index in [1.54, 1.807) is 41.8 Å². The van der Waals surface area contributed by atoms with Gasteiger partial charge in [-0.05, 0) is 36.4 Å². The van der Waals surface area contributed by atoms with Crippen LogP contribution in [0.25, 0.3) is 5.69 Å². The van der Waals surface area contributed by atoms with Gasteiger partial charge in [-0.2, -0.15) is 0 Å². The number of imidazole rings is 1. The largest absolute Gasteiger partial charge is 0.493 e. The Morgan fingerprint density at radius 3 is 2.34 bits per heavy atom. The molecule has 8 heteroatoms. The minimum absolute atomic E-state index is 0.247. The Bertz CT molecular complexity index is 1000. The molecule has 0 aliphatic heterocycles. The second-order valence-corrected chi connectivity index (χ2v) is 6.28. The second kappa shape index (κ2) is 8.64. The maximum atomic E-state index is 13.2. The van der Waals surface area contributed by atoms with Gasteiger partial charge in [0.2, 0.25) is 5.75 Å². The number of benzene rings is 2. The van der Waals surface area contributed by atoms with E-state index in [9.17, 15) is 9.18 Å². The second-order valence-electron chi connectivity index (χ2n) is 6.28. The van der Waals surface area contributed by atoms with Gasteiger partial charge in [0.05, 0.1) is 33.9 Å². The molecule has 0 aliphatic rings. The summed E-state index contributed by atoms with van der Waals surface area (Å²) in [5, 5.41) is 0. The van der Waals surface area contributed by atoms with E-state index in [1.165, 1.54) is 38.9 Å². The molecular formula is C21H22FN3O4. The monoisotopic (exact) mass is 399 g/mol. The highest BCUT2D eigenvalue weighted by molar-refractivity contribution is 5.92. The van der Waals surface area contributed by atoms with Crippen molar-refractivity contribution in [3.63, 3.8) is 0 Å². The highest BCUT2D eigenvalue weighted by Gasteiger charge is 2.21. The number of methoxy groups -OCH3 is 3. The number of carbonyl (C=O) groups is 1. The maximum Gasteiger partial charge on any atom is 0.272 e. The lowest BCUT2D eigenvalue weighted by Crippen LogP contribution is -2.28. The minimum Gasteiger partial charge on any atom is -0.493 e. The first-order valence-corrected chi connectivity index (χ1v) is 8.81. The van der Waals surface area contributed by atoms with Crippen molar-refractivity contribution < 1.29 is 23.4 Å². The van der Waals surface area contributed by atoms with Crippen molar-refractivity contribution in [3.8, 4) is 22.9 Å². The van der Waals surface area contributed by atoms with Crippen LogP contribution < -0.4 is 14.2 Å². The molecule has 0 spiro atoms. The van der Waals surface area contributed by atoms with Crippen molar-refractivity contribution in [3.05, 3.63) is 66.0 Å². The van der Waals surface area contributed by atoms with Crippen LogP contribution in [0, 0.1) is 5.82 Å². The maximum absolute atomic E-state index is 13.2. The number of nitrogens with zero attached hydrogens (tertiary/aromatic N) is 3. The number of aromatic nitrogens is 2. The fourth-order valence-corrected chi connectivity index (χ4v) is 3.07. The van der Waals surface area contributed by atoms with Gasteiger partial charge in [-0.3, -0.25) is 9.36 Å². The standard InChI is InChI=1S/C21H22FN3O4/c1-24(12-14-5-10-18(27-2)20(29-4)19(14)28-3)21(26)17-11-23-13-25(17)16-8-6-15(22)7-9-16/h5-11,13H,12H2,1-4H3. The average molecular weight is 399 g/mol. The molecule has 1 heterocycles. The third kappa shape index (κ3) is 4.01. The topological polar surface area (TPSA) is 65.8 Å². The van der Waals surface area contributed by atoms with E-state index in [0.717, 1.165) is 5.56 Å². The number of hydrogen-bond acceptors (Lipinski definition) is 5. The van der Waals surface area contributed by atoms with Crippen LogP contribution in [0.3, 0.4) is 0 Å². The lowest BCUT2D eigenvalue weighted by Gasteiger charge is -2.21. The zero-order chi connectivity index (χ0) is 21.0. The first kappa shape index (κ1) is 20.2. The molecule has 0 saturated heterocycles. The first-order valence-electron chi connectivity index (χ1n) is 8.81. The molecule has 29 heavy (non-hydrogen) atoms. The molecule has 0 radical (unpaired) electrons. The Hall–Kier alpha value is -3.55. The van der Waals surface area contributed by atoms with E-state index in [-0.39, 0.29) is 18.3 Å². The van der Waals surface area contributed by atoms with E-state index in [0.29, 0.717) is 28.6 Å². The van der Waals surface area contributed by atoms with Gasteiger partial charge in [0.15, 0.2) is 11.5 Å². The molecule has 7 nitrogen and oxygen atoms in total. The molecule has 152 valence electrons. The Kier molecular flexibility index (Phi) is 6.01. The summed E-state index contributed by atoms with van der Waals surface area (Å²) in [6.45, 7) is 0.275. The van der Waals surface area contributed by atoms with Crippen molar-refractivity contribution in [2.45, 2.75) is 6.54 Å². The molecule has 0 fully saturated rings. The van der Waals surface area contributed by atoms with Crippen LogP contribution in [0.2, 0.25) is 0 Å². The molecule has 3 aromatic rings. The molecule has 0 atom stereocenters. The van der Waals surface area contributed by atoms with Crippen molar-refractivity contribution in [1.82, 2.24) is 14.5 Å². The fraction of sp³-hybridized carbons (Fsp3) is 0.238. The van der Waals surface area contributed by atoms with E-state index in [1.807, 2.05) is 6.07 Å². The normalized spacial score (nSPS) is 10.5. The number of ether oxygens (including phenoxy) is 3. The molecule has 0 bridgehead atoms. The fourth-order valence-electron chi connectivity index (χ4n) is 3.07. The third-order valence-electron chi connectivity index (χ3n) is 4.50. The van der Waals surface area contributed by atoms with Crippen molar-refractivity contribution in [1.29, 1.82) is 0 Å². The van der Waals surface area contributed by atoms with E-state index in [2.05, 4.69) is 4.98 Å². The number of carbonyl (C=O) groups excluding carboxylic acids is 1. The Morgan fingerprint density at radius 1 is 1.03 bits per heavy atom. The van der Waals surface area contributed by atoms with Crippen LogP contribution in [0.15, 0.2) is 48.9 Å². The van der Waals surface area contributed by atoms with Crippen LogP contribution >= 0.6 is 0 Å². The number of hydrogen-bond donors (Lipinski definition) is 0. The average Bonchev–Trinajstić information content (AvgIpc) is 3.22. The van der Waals surface area contributed by atoms with Gasteiger partial charge in [-0.15, -0.1) is 0 Å². The SMILES string of the molecule is COc1ccc(CN(C)C(=O)c2cncn2-c2ccc(F)cc2)c(OC)c1OC. The van der Waals surface area contributed by atoms with E-state index in [4.69, 9.17) is 14.2 Å². The predicted molar refractivity (Wildman–Crippen MR) is 105 cm³/mol. The van der Waals surface area contributed by atoms with Crippen molar-refractivity contribution in [2.75, 3.05) is 28.4 Å². The zero-order valence-electron chi connectivity index (χ0n) is 16.7. The van der Waals surface area contributed by atoms with Gasteiger partial charge in [0.1, 0.15) is 11.5 Å². The lowest BCUT2D eigenvalue weighted by molar-refractivity contribution is 0.0776. The van der Waals surface area contributed by atoms with E-state index >= 15 is 0 Å². The summed E-state index contributed by atoms with van der Waals surface area (Å²) in [6, 6.07) is 9.43. The van der Waals surface area contributed by atoms with Gasteiger partial charge >= 0.3 is 0 Å². The van der Waals surface area contributed by atoms with Crippen LogP contribution in [0.4, 0.5) is 4.39 Å². The Morgan fingerprint density at radius 2 is 1.72 bits per heavy atom. The highest BCUT2D eigenvalue weighted by Crippen LogP contribution is 2.40. The molecule has 2 aromatic carbocycles. The summed E-state index contributed by atoms with van der Waals surface area (Å²) >= 11 is 0. The van der Waals surface area contributed by atoms with Crippen molar-refractivity contribution >= 4 is 5.91 Å². The Labute approximate surface area is 168 Å². The van der Waals surface area contributed by atoms with Crippen LogP contribution in [0.5, 0.6) is 17.2 Å². The summed E-state index contributed by atoms with van der Waals surface area (Å²) in [5.74, 6) is 0.905. The number of halogens is 1. The molecule has 1 aromatic heterocycles. The molecule has 0 aliphatic carbocycles. The molecular weight excluding hydrogens is 377 g/mol. The Balaban J connectivity index is 1.88. The van der Waals surface area contributed by atoms with Crippen LogP contribution in [0.1, 0.15) is 16.1 Å². The van der Waals surface area contributed by atoms with Crippen molar-refractivity contribution in [2.24, 2.45) is 0 Å².